The van der Waals surface area contributed by atoms with Crippen molar-refractivity contribution in [2.24, 2.45) is 5.41 Å². The summed E-state index contributed by atoms with van der Waals surface area (Å²) in [5, 5.41) is 22.5. The molecule has 1 heterocycles. The van der Waals surface area contributed by atoms with Crippen molar-refractivity contribution in [3.05, 3.63) is 27.1 Å². The first kappa shape index (κ1) is 12.6. The zero-order valence-electron chi connectivity index (χ0n) is 9.19. The molecule has 6 heteroatoms. The average molecular weight is 239 g/mol. The topological polar surface area (TPSA) is 79.0 Å². The Hall–Kier alpha value is -1.45. The normalized spacial score (nSPS) is 11.1. The number of nitriles is 1. The molecule has 1 aromatic rings. The monoisotopic (exact) mass is 239 g/mol. The van der Waals surface area contributed by atoms with Gasteiger partial charge in [0.1, 0.15) is 0 Å². The zero-order chi connectivity index (χ0) is 12.2. The predicted molar refractivity (Wildman–Crippen MR) is 62.1 cm³/mol. The van der Waals surface area contributed by atoms with Crippen molar-refractivity contribution in [3.63, 3.8) is 0 Å². The first-order valence-corrected chi connectivity index (χ1v) is 5.61. The van der Waals surface area contributed by atoms with Gasteiger partial charge in [0.15, 0.2) is 0 Å². The lowest BCUT2D eigenvalue weighted by atomic mass is 9.96. The van der Waals surface area contributed by atoms with E-state index < -0.39 is 10.3 Å². The lowest BCUT2D eigenvalue weighted by Crippen LogP contribution is -2.27. The Kier molecular flexibility index (Phi) is 3.99. The molecule has 86 valence electrons. The van der Waals surface area contributed by atoms with Gasteiger partial charge in [-0.3, -0.25) is 10.1 Å². The Morgan fingerprint density at radius 1 is 1.62 bits per heavy atom. The molecule has 0 bridgehead atoms. The summed E-state index contributed by atoms with van der Waals surface area (Å²) in [5.41, 5.74) is -0.413. The maximum Gasteiger partial charge on any atom is 0.324 e. The Balaban J connectivity index is 2.44. The molecule has 1 aromatic heterocycles. The van der Waals surface area contributed by atoms with Crippen LogP contribution in [0.1, 0.15) is 18.7 Å². The minimum Gasteiger partial charge on any atom is -0.310 e. The molecule has 0 atom stereocenters. The van der Waals surface area contributed by atoms with Gasteiger partial charge in [-0.05, 0) is 19.9 Å². The van der Waals surface area contributed by atoms with E-state index in [1.165, 1.54) is 6.07 Å². The van der Waals surface area contributed by atoms with Gasteiger partial charge in [-0.25, -0.2) is 0 Å². The van der Waals surface area contributed by atoms with Gasteiger partial charge in [0.25, 0.3) is 0 Å². The minimum absolute atomic E-state index is 0.149. The SMILES string of the molecule is CC(C)(C#N)CNCc1ccc([N+](=O)[O-])s1. The third-order valence-corrected chi connectivity index (χ3v) is 3.03. The molecule has 1 N–H and O–H groups in total. The van der Waals surface area contributed by atoms with E-state index >= 15 is 0 Å². The second-order valence-corrected chi connectivity index (χ2v) is 5.24. The molecule has 16 heavy (non-hydrogen) atoms. The summed E-state index contributed by atoms with van der Waals surface area (Å²) >= 11 is 1.15. The maximum atomic E-state index is 10.4. The van der Waals surface area contributed by atoms with E-state index in [1.807, 2.05) is 13.8 Å². The van der Waals surface area contributed by atoms with Gasteiger partial charge in [0.2, 0.25) is 0 Å². The van der Waals surface area contributed by atoms with E-state index in [-0.39, 0.29) is 5.00 Å². The van der Waals surface area contributed by atoms with Crippen LogP contribution in [0.5, 0.6) is 0 Å². The highest BCUT2D eigenvalue weighted by Crippen LogP contribution is 2.23. The number of nitro groups is 1. The zero-order valence-corrected chi connectivity index (χ0v) is 10.0. The Morgan fingerprint density at radius 3 is 2.81 bits per heavy atom. The Morgan fingerprint density at radius 2 is 2.31 bits per heavy atom. The number of rotatable bonds is 5. The molecule has 0 aromatic carbocycles. The molecule has 0 saturated carbocycles. The fraction of sp³-hybridized carbons (Fsp3) is 0.500. The molecule has 0 aliphatic carbocycles. The largest absolute Gasteiger partial charge is 0.324 e. The van der Waals surface area contributed by atoms with Gasteiger partial charge >= 0.3 is 5.00 Å². The fourth-order valence-corrected chi connectivity index (χ4v) is 1.89. The lowest BCUT2D eigenvalue weighted by Gasteiger charge is -2.14. The van der Waals surface area contributed by atoms with Crippen LogP contribution >= 0.6 is 11.3 Å². The fourth-order valence-electron chi connectivity index (χ4n) is 1.10. The molecular weight excluding hydrogens is 226 g/mol. The minimum atomic E-state index is -0.413. The second-order valence-electron chi connectivity index (χ2n) is 4.10. The summed E-state index contributed by atoms with van der Waals surface area (Å²) in [7, 11) is 0. The van der Waals surface area contributed by atoms with E-state index in [4.69, 9.17) is 5.26 Å². The Bertz CT molecular complexity index is 420. The quantitative estimate of drug-likeness (QED) is 0.631. The highest BCUT2D eigenvalue weighted by molar-refractivity contribution is 7.15. The van der Waals surface area contributed by atoms with Crippen LogP contribution in [0.4, 0.5) is 5.00 Å². The van der Waals surface area contributed by atoms with Crippen molar-refractivity contribution in [1.82, 2.24) is 5.32 Å². The average Bonchev–Trinajstić information content (AvgIpc) is 2.66. The standard InChI is InChI=1S/C10H13N3O2S/c1-10(2,6-11)7-12-5-8-3-4-9(16-8)13(14)15/h3-4,12H,5,7H2,1-2H3. The molecule has 0 aliphatic heterocycles. The number of hydrogen-bond donors (Lipinski definition) is 1. The van der Waals surface area contributed by atoms with E-state index in [1.54, 1.807) is 6.07 Å². The first-order valence-electron chi connectivity index (χ1n) is 4.80. The van der Waals surface area contributed by atoms with Crippen molar-refractivity contribution in [3.8, 4) is 6.07 Å². The molecule has 0 radical (unpaired) electrons. The van der Waals surface area contributed by atoms with Gasteiger partial charge in [-0.1, -0.05) is 11.3 Å². The van der Waals surface area contributed by atoms with Crippen molar-refractivity contribution >= 4 is 16.3 Å². The molecule has 5 nitrogen and oxygen atoms in total. The van der Waals surface area contributed by atoms with Crippen LogP contribution in [0, 0.1) is 26.9 Å². The Labute approximate surface area is 97.9 Å². The van der Waals surface area contributed by atoms with Crippen LogP contribution in [0.3, 0.4) is 0 Å². The molecule has 0 saturated heterocycles. The predicted octanol–water partition coefficient (Wildman–Crippen LogP) is 2.30. The number of nitrogens with one attached hydrogen (secondary N) is 1. The van der Waals surface area contributed by atoms with Crippen LogP contribution in [0.15, 0.2) is 12.1 Å². The number of nitrogens with zero attached hydrogens (tertiary/aromatic N) is 2. The van der Waals surface area contributed by atoms with Gasteiger partial charge in [0.05, 0.1) is 16.4 Å². The van der Waals surface area contributed by atoms with Crippen LogP contribution < -0.4 is 5.32 Å². The third-order valence-electron chi connectivity index (χ3n) is 2.00. The van der Waals surface area contributed by atoms with Gasteiger partial charge in [-0.2, -0.15) is 5.26 Å². The highest BCUT2D eigenvalue weighted by atomic mass is 32.1. The van der Waals surface area contributed by atoms with E-state index in [0.717, 1.165) is 16.2 Å². The summed E-state index contributed by atoms with van der Waals surface area (Å²) in [6.07, 6.45) is 0. The molecular formula is C10H13N3O2S. The van der Waals surface area contributed by atoms with Crippen molar-refractivity contribution < 1.29 is 4.92 Å². The summed E-state index contributed by atoms with van der Waals surface area (Å²) in [6, 6.07) is 5.41. The van der Waals surface area contributed by atoms with E-state index in [9.17, 15) is 10.1 Å². The van der Waals surface area contributed by atoms with Crippen LogP contribution in [-0.2, 0) is 6.54 Å². The van der Waals surface area contributed by atoms with Crippen molar-refractivity contribution in [2.75, 3.05) is 6.54 Å². The summed E-state index contributed by atoms with van der Waals surface area (Å²) in [6.45, 7) is 4.81. The third kappa shape index (κ3) is 3.61. The lowest BCUT2D eigenvalue weighted by molar-refractivity contribution is -0.380. The molecule has 0 amide bonds. The van der Waals surface area contributed by atoms with Crippen LogP contribution in [-0.4, -0.2) is 11.5 Å². The molecule has 0 unspecified atom stereocenters. The highest BCUT2D eigenvalue weighted by Gasteiger charge is 2.16. The van der Waals surface area contributed by atoms with Gasteiger partial charge in [-0.15, -0.1) is 0 Å². The van der Waals surface area contributed by atoms with Crippen molar-refractivity contribution in [2.45, 2.75) is 20.4 Å². The smallest absolute Gasteiger partial charge is 0.310 e. The van der Waals surface area contributed by atoms with E-state index in [0.29, 0.717) is 13.1 Å². The first-order chi connectivity index (χ1) is 7.44. The molecule has 0 spiro atoms. The summed E-state index contributed by atoms with van der Waals surface area (Å²) < 4.78 is 0. The van der Waals surface area contributed by atoms with Crippen LogP contribution in [0.2, 0.25) is 0 Å². The molecule has 0 aliphatic rings. The summed E-state index contributed by atoms with van der Waals surface area (Å²) in [5.74, 6) is 0. The maximum absolute atomic E-state index is 10.4. The number of hydrogen-bond acceptors (Lipinski definition) is 5. The number of thiophene rings is 1. The second kappa shape index (κ2) is 5.05. The molecule has 1 rings (SSSR count). The van der Waals surface area contributed by atoms with Gasteiger partial charge in [0, 0.05) is 24.0 Å². The van der Waals surface area contributed by atoms with E-state index in [2.05, 4.69) is 11.4 Å². The molecule has 0 fully saturated rings. The van der Waals surface area contributed by atoms with Crippen LogP contribution in [0.25, 0.3) is 0 Å². The van der Waals surface area contributed by atoms with Gasteiger partial charge < -0.3 is 5.32 Å². The summed E-state index contributed by atoms with van der Waals surface area (Å²) in [4.78, 5) is 11.0. The van der Waals surface area contributed by atoms with Crippen molar-refractivity contribution in [1.29, 1.82) is 5.26 Å².